The summed E-state index contributed by atoms with van der Waals surface area (Å²) in [6.45, 7) is 5.07. The molecule has 0 aromatic heterocycles. The Morgan fingerprint density at radius 1 is 1.27 bits per heavy atom. The SMILES string of the molecule is Cl.O=C(c1cccc(Cl)c1F)N1CCN(C2CCNC2)CC1. The zero-order chi connectivity index (χ0) is 14.8. The number of benzene rings is 1. The van der Waals surface area contributed by atoms with Crippen LogP contribution in [-0.4, -0.2) is 61.0 Å². The van der Waals surface area contributed by atoms with Crippen molar-refractivity contribution in [3.63, 3.8) is 0 Å². The Balaban J connectivity index is 0.00000176. The van der Waals surface area contributed by atoms with Crippen LogP contribution in [0.5, 0.6) is 0 Å². The quantitative estimate of drug-likeness (QED) is 0.888. The summed E-state index contributed by atoms with van der Waals surface area (Å²) in [6.07, 6.45) is 1.16. The predicted octanol–water partition coefficient (Wildman–Crippen LogP) is 2.02. The average molecular weight is 348 g/mol. The molecule has 1 atom stereocenters. The third kappa shape index (κ3) is 3.54. The second kappa shape index (κ2) is 7.59. The summed E-state index contributed by atoms with van der Waals surface area (Å²) in [5.74, 6) is -0.884. The van der Waals surface area contributed by atoms with Crippen molar-refractivity contribution in [3.8, 4) is 0 Å². The van der Waals surface area contributed by atoms with Gasteiger partial charge in [0.25, 0.3) is 5.91 Å². The van der Waals surface area contributed by atoms with Gasteiger partial charge in [-0.05, 0) is 25.1 Å². The molecular formula is C15H20Cl2FN3O. The number of nitrogens with one attached hydrogen (secondary N) is 1. The molecule has 2 saturated heterocycles. The Morgan fingerprint density at radius 2 is 2.00 bits per heavy atom. The maximum absolute atomic E-state index is 13.9. The fourth-order valence-electron chi connectivity index (χ4n) is 3.08. The number of nitrogens with zero attached hydrogens (tertiary/aromatic N) is 2. The number of hydrogen-bond donors (Lipinski definition) is 1. The maximum Gasteiger partial charge on any atom is 0.256 e. The van der Waals surface area contributed by atoms with Crippen molar-refractivity contribution in [1.82, 2.24) is 15.1 Å². The van der Waals surface area contributed by atoms with Crippen molar-refractivity contribution in [2.75, 3.05) is 39.3 Å². The lowest BCUT2D eigenvalue weighted by Crippen LogP contribution is -2.52. The Hall–Kier alpha value is -0.880. The molecule has 0 aliphatic carbocycles. The van der Waals surface area contributed by atoms with Gasteiger partial charge in [0, 0.05) is 38.8 Å². The maximum atomic E-state index is 13.9. The largest absolute Gasteiger partial charge is 0.336 e. The summed E-state index contributed by atoms with van der Waals surface area (Å²) in [5.41, 5.74) is 0.0680. The predicted molar refractivity (Wildman–Crippen MR) is 87.4 cm³/mol. The van der Waals surface area contributed by atoms with Crippen molar-refractivity contribution in [1.29, 1.82) is 0 Å². The first-order chi connectivity index (χ1) is 10.2. The van der Waals surface area contributed by atoms with Crippen LogP contribution in [0.3, 0.4) is 0 Å². The molecule has 122 valence electrons. The standard InChI is InChI=1S/C15H19ClFN3O.ClH/c16-13-3-1-2-12(14(13)17)15(21)20-8-6-19(7-9-20)11-4-5-18-10-11;/h1-3,11,18H,4-10H2;1H. The van der Waals surface area contributed by atoms with Crippen LogP contribution < -0.4 is 5.32 Å². The van der Waals surface area contributed by atoms with Gasteiger partial charge in [-0.2, -0.15) is 0 Å². The molecule has 1 unspecified atom stereocenters. The van der Waals surface area contributed by atoms with Crippen LogP contribution in [-0.2, 0) is 0 Å². The van der Waals surface area contributed by atoms with Crippen molar-refractivity contribution in [2.45, 2.75) is 12.5 Å². The molecule has 2 aliphatic heterocycles. The van der Waals surface area contributed by atoms with Gasteiger partial charge in [-0.25, -0.2) is 4.39 Å². The summed E-state index contributed by atoms with van der Waals surface area (Å²) in [5, 5.41) is 3.35. The summed E-state index contributed by atoms with van der Waals surface area (Å²) in [7, 11) is 0. The molecule has 4 nitrogen and oxygen atoms in total. The first-order valence-corrected chi connectivity index (χ1v) is 7.72. The Labute approximate surface area is 141 Å². The highest BCUT2D eigenvalue weighted by atomic mass is 35.5. The van der Waals surface area contributed by atoms with Gasteiger partial charge in [0.1, 0.15) is 0 Å². The van der Waals surface area contributed by atoms with E-state index in [0.29, 0.717) is 19.1 Å². The summed E-state index contributed by atoms with van der Waals surface area (Å²) in [4.78, 5) is 16.5. The topological polar surface area (TPSA) is 35.6 Å². The van der Waals surface area contributed by atoms with Crippen molar-refractivity contribution < 1.29 is 9.18 Å². The number of amides is 1. The number of halogens is 3. The van der Waals surface area contributed by atoms with Gasteiger partial charge in [-0.15, -0.1) is 12.4 Å². The number of carbonyl (C=O) groups excluding carboxylic acids is 1. The van der Waals surface area contributed by atoms with E-state index in [9.17, 15) is 9.18 Å². The summed E-state index contributed by atoms with van der Waals surface area (Å²) in [6, 6.07) is 5.14. The molecule has 1 N–H and O–H groups in total. The number of piperazine rings is 1. The second-order valence-electron chi connectivity index (χ2n) is 5.58. The second-order valence-corrected chi connectivity index (χ2v) is 5.98. The molecule has 0 bridgehead atoms. The van der Waals surface area contributed by atoms with Crippen molar-refractivity contribution in [3.05, 3.63) is 34.6 Å². The van der Waals surface area contributed by atoms with Crippen molar-refractivity contribution in [2.24, 2.45) is 0 Å². The molecule has 0 saturated carbocycles. The van der Waals surface area contributed by atoms with E-state index in [2.05, 4.69) is 10.2 Å². The molecular weight excluding hydrogens is 328 g/mol. The van der Waals surface area contributed by atoms with E-state index in [1.807, 2.05) is 0 Å². The molecule has 7 heteroatoms. The molecule has 0 radical (unpaired) electrons. The van der Waals surface area contributed by atoms with Gasteiger partial charge in [0.05, 0.1) is 10.6 Å². The van der Waals surface area contributed by atoms with Crippen LogP contribution >= 0.6 is 24.0 Å². The van der Waals surface area contributed by atoms with Gasteiger partial charge in [0.15, 0.2) is 5.82 Å². The van der Waals surface area contributed by atoms with Crippen LogP contribution in [0.4, 0.5) is 4.39 Å². The average Bonchev–Trinajstić information content (AvgIpc) is 3.04. The number of carbonyl (C=O) groups is 1. The fourth-order valence-corrected chi connectivity index (χ4v) is 3.26. The van der Waals surface area contributed by atoms with E-state index >= 15 is 0 Å². The normalized spacial score (nSPS) is 22.5. The molecule has 1 aromatic carbocycles. The first kappa shape index (κ1) is 17.5. The molecule has 1 amide bonds. The van der Waals surface area contributed by atoms with E-state index in [4.69, 9.17) is 11.6 Å². The van der Waals surface area contributed by atoms with Gasteiger partial charge in [0.2, 0.25) is 0 Å². The zero-order valence-electron chi connectivity index (χ0n) is 12.2. The van der Waals surface area contributed by atoms with E-state index in [0.717, 1.165) is 32.6 Å². The minimum Gasteiger partial charge on any atom is -0.336 e. The summed E-state index contributed by atoms with van der Waals surface area (Å²) < 4.78 is 13.9. The van der Waals surface area contributed by atoms with E-state index < -0.39 is 5.82 Å². The van der Waals surface area contributed by atoms with E-state index in [-0.39, 0.29) is 28.9 Å². The molecule has 2 fully saturated rings. The van der Waals surface area contributed by atoms with E-state index in [1.54, 1.807) is 11.0 Å². The monoisotopic (exact) mass is 347 g/mol. The van der Waals surface area contributed by atoms with Crippen LogP contribution in [0, 0.1) is 5.82 Å². The van der Waals surface area contributed by atoms with Gasteiger partial charge in [-0.1, -0.05) is 17.7 Å². The van der Waals surface area contributed by atoms with Gasteiger partial charge < -0.3 is 10.2 Å². The molecule has 2 aliphatic rings. The van der Waals surface area contributed by atoms with Gasteiger partial charge in [-0.3, -0.25) is 9.69 Å². The minimum atomic E-state index is -0.619. The molecule has 22 heavy (non-hydrogen) atoms. The Morgan fingerprint density at radius 3 is 2.64 bits per heavy atom. The number of hydrogen-bond acceptors (Lipinski definition) is 3. The summed E-state index contributed by atoms with van der Waals surface area (Å²) >= 11 is 5.75. The minimum absolute atomic E-state index is 0. The molecule has 3 rings (SSSR count). The molecule has 0 spiro atoms. The highest BCUT2D eigenvalue weighted by Crippen LogP contribution is 2.20. The lowest BCUT2D eigenvalue weighted by atomic mass is 10.1. The molecule has 2 heterocycles. The first-order valence-electron chi connectivity index (χ1n) is 7.35. The molecule has 1 aromatic rings. The highest BCUT2D eigenvalue weighted by molar-refractivity contribution is 6.31. The van der Waals surface area contributed by atoms with Crippen LogP contribution in [0.15, 0.2) is 18.2 Å². The van der Waals surface area contributed by atoms with Crippen molar-refractivity contribution >= 4 is 29.9 Å². The van der Waals surface area contributed by atoms with Crippen LogP contribution in [0.25, 0.3) is 0 Å². The highest BCUT2D eigenvalue weighted by Gasteiger charge is 2.29. The Kier molecular flexibility index (Phi) is 6.03. The van der Waals surface area contributed by atoms with Crippen LogP contribution in [0.2, 0.25) is 5.02 Å². The number of rotatable bonds is 2. The zero-order valence-corrected chi connectivity index (χ0v) is 13.8. The third-order valence-corrected chi connectivity index (χ3v) is 4.63. The fraction of sp³-hybridized carbons (Fsp3) is 0.533. The van der Waals surface area contributed by atoms with Crippen LogP contribution in [0.1, 0.15) is 16.8 Å². The third-order valence-electron chi connectivity index (χ3n) is 4.33. The van der Waals surface area contributed by atoms with Gasteiger partial charge >= 0.3 is 0 Å². The van der Waals surface area contributed by atoms with E-state index in [1.165, 1.54) is 12.1 Å². The lowest BCUT2D eigenvalue weighted by Gasteiger charge is -2.37. The smallest absolute Gasteiger partial charge is 0.256 e. The Bertz CT molecular complexity index is 530. The lowest BCUT2D eigenvalue weighted by molar-refractivity contribution is 0.0579.